The van der Waals surface area contributed by atoms with Gasteiger partial charge in [-0.3, -0.25) is 13.9 Å². The number of halogens is 1. The lowest BCUT2D eigenvalue weighted by atomic mass is 10.1. The van der Waals surface area contributed by atoms with E-state index in [2.05, 4.69) is 5.32 Å². The van der Waals surface area contributed by atoms with Crippen LogP contribution >= 0.6 is 11.6 Å². The fourth-order valence-corrected chi connectivity index (χ4v) is 4.61. The number of nitrogens with zero attached hydrogens (tertiary/aromatic N) is 2. The van der Waals surface area contributed by atoms with Crippen LogP contribution < -0.4 is 14.4 Å². The topological polar surface area (TPSA) is 96.0 Å². The number of aryl methyl sites for hydroxylation is 1. The highest BCUT2D eigenvalue weighted by Crippen LogP contribution is 2.26. The first kappa shape index (κ1) is 28.5. The molecule has 1 N–H and O–H groups in total. The maximum absolute atomic E-state index is 13.6. The van der Waals surface area contributed by atoms with E-state index >= 15 is 0 Å². The molecule has 0 unspecified atom stereocenters. The zero-order chi connectivity index (χ0) is 26.6. The molecule has 8 nitrogen and oxygen atoms in total. The van der Waals surface area contributed by atoms with Crippen molar-refractivity contribution in [3.8, 4) is 5.75 Å². The lowest BCUT2D eigenvalue weighted by Gasteiger charge is -2.33. The highest BCUT2D eigenvalue weighted by molar-refractivity contribution is 7.92. The molecule has 2 aromatic rings. The van der Waals surface area contributed by atoms with E-state index in [0.717, 1.165) is 16.1 Å². The second-order valence-corrected chi connectivity index (χ2v) is 11.8. The van der Waals surface area contributed by atoms with Crippen LogP contribution in [0.5, 0.6) is 5.75 Å². The molecule has 0 radical (unpaired) electrons. The van der Waals surface area contributed by atoms with Gasteiger partial charge in [0.05, 0.1) is 19.1 Å². The lowest BCUT2D eigenvalue weighted by molar-refractivity contribution is -0.140. The number of amides is 2. The van der Waals surface area contributed by atoms with Crippen LogP contribution in [0.1, 0.15) is 38.8 Å². The van der Waals surface area contributed by atoms with Crippen LogP contribution in [0.2, 0.25) is 5.02 Å². The standard InChI is InChI=1S/C25H34ClN3O5S/c1-17-14-20(26)10-13-22(17)29(35(7,32)33)16-23(30)28(18(2)24(31)27-25(3,4)5)15-19-8-11-21(34-6)12-9-19/h8-14,18H,15-16H2,1-7H3,(H,27,31)/t18-/m1/s1. The Hall–Kier alpha value is -2.78. The Bertz CT molecular complexity index is 1160. The van der Waals surface area contributed by atoms with Gasteiger partial charge in [-0.05, 0) is 76.1 Å². The number of anilines is 1. The van der Waals surface area contributed by atoms with E-state index in [-0.39, 0.29) is 12.5 Å². The average molecular weight is 524 g/mol. The first-order valence-corrected chi connectivity index (χ1v) is 13.3. The molecule has 2 amide bonds. The van der Waals surface area contributed by atoms with Crippen molar-refractivity contribution in [2.75, 3.05) is 24.2 Å². The van der Waals surface area contributed by atoms with Crippen molar-refractivity contribution in [1.29, 1.82) is 0 Å². The number of benzene rings is 2. The summed E-state index contributed by atoms with van der Waals surface area (Å²) in [6, 6.07) is 11.0. The molecule has 0 saturated carbocycles. The van der Waals surface area contributed by atoms with E-state index in [4.69, 9.17) is 16.3 Å². The van der Waals surface area contributed by atoms with Crippen molar-refractivity contribution < 1.29 is 22.7 Å². The van der Waals surface area contributed by atoms with Gasteiger partial charge in [-0.25, -0.2) is 8.42 Å². The molecule has 2 aromatic carbocycles. The number of rotatable bonds is 9. The lowest BCUT2D eigenvalue weighted by Crippen LogP contribution is -2.54. The van der Waals surface area contributed by atoms with Gasteiger partial charge in [0.15, 0.2) is 0 Å². The number of sulfonamides is 1. The molecule has 35 heavy (non-hydrogen) atoms. The zero-order valence-electron chi connectivity index (χ0n) is 21.3. The van der Waals surface area contributed by atoms with Gasteiger partial charge in [0.2, 0.25) is 21.8 Å². The SMILES string of the molecule is COc1ccc(CN(C(=O)CN(c2ccc(Cl)cc2C)S(C)(=O)=O)[C@H](C)C(=O)NC(C)(C)C)cc1. The summed E-state index contributed by atoms with van der Waals surface area (Å²) in [5.41, 5.74) is 1.22. The van der Waals surface area contributed by atoms with Gasteiger partial charge in [0.25, 0.3) is 0 Å². The molecule has 0 bridgehead atoms. The Morgan fingerprint density at radius 1 is 1.11 bits per heavy atom. The fraction of sp³-hybridized carbons (Fsp3) is 0.440. The number of carbonyl (C=O) groups is 2. The first-order chi connectivity index (χ1) is 16.1. The molecule has 0 saturated heterocycles. The van der Waals surface area contributed by atoms with Crippen LogP contribution in [0.15, 0.2) is 42.5 Å². The minimum atomic E-state index is -3.81. The predicted molar refractivity (Wildman–Crippen MR) is 139 cm³/mol. The average Bonchev–Trinajstić information content (AvgIpc) is 2.74. The van der Waals surface area contributed by atoms with Gasteiger partial charge in [0, 0.05) is 17.1 Å². The third-order valence-electron chi connectivity index (χ3n) is 5.28. The Balaban J connectivity index is 2.43. The molecule has 10 heteroatoms. The first-order valence-electron chi connectivity index (χ1n) is 11.1. The molecule has 0 fully saturated rings. The number of carbonyl (C=O) groups excluding carboxylic acids is 2. The molecule has 2 rings (SSSR count). The van der Waals surface area contributed by atoms with E-state index in [1.165, 1.54) is 4.90 Å². The molecular formula is C25H34ClN3O5S. The van der Waals surface area contributed by atoms with E-state index in [0.29, 0.717) is 22.0 Å². The second kappa shape index (κ2) is 11.3. The van der Waals surface area contributed by atoms with Crippen molar-refractivity contribution in [3.05, 3.63) is 58.6 Å². The van der Waals surface area contributed by atoms with Crippen molar-refractivity contribution in [2.24, 2.45) is 0 Å². The van der Waals surface area contributed by atoms with Gasteiger partial charge in [0.1, 0.15) is 18.3 Å². The van der Waals surface area contributed by atoms with Crippen molar-refractivity contribution in [3.63, 3.8) is 0 Å². The summed E-state index contributed by atoms with van der Waals surface area (Å²) in [4.78, 5) is 27.9. The summed E-state index contributed by atoms with van der Waals surface area (Å²) in [7, 11) is -2.26. The van der Waals surface area contributed by atoms with Gasteiger partial charge in [-0.1, -0.05) is 23.7 Å². The van der Waals surface area contributed by atoms with Crippen LogP contribution in [-0.2, 0) is 26.2 Å². The van der Waals surface area contributed by atoms with E-state index in [9.17, 15) is 18.0 Å². The van der Waals surface area contributed by atoms with Gasteiger partial charge in [-0.15, -0.1) is 0 Å². The molecule has 0 aliphatic rings. The van der Waals surface area contributed by atoms with Crippen LogP contribution in [0.25, 0.3) is 0 Å². The van der Waals surface area contributed by atoms with Crippen molar-refractivity contribution in [1.82, 2.24) is 10.2 Å². The number of nitrogens with one attached hydrogen (secondary N) is 1. The quantitative estimate of drug-likeness (QED) is 0.540. The molecule has 0 spiro atoms. The molecule has 1 atom stereocenters. The smallest absolute Gasteiger partial charge is 0.244 e. The third kappa shape index (κ3) is 8.14. The molecule has 192 valence electrons. The summed E-state index contributed by atoms with van der Waals surface area (Å²) in [5.74, 6) is -0.197. The highest BCUT2D eigenvalue weighted by atomic mass is 35.5. The molecule has 0 aromatic heterocycles. The summed E-state index contributed by atoms with van der Waals surface area (Å²) < 4.78 is 31.6. The zero-order valence-corrected chi connectivity index (χ0v) is 22.8. The molecular weight excluding hydrogens is 490 g/mol. The molecule has 0 aliphatic carbocycles. The minimum absolute atomic E-state index is 0.110. The van der Waals surface area contributed by atoms with Gasteiger partial charge >= 0.3 is 0 Å². The Kier molecular flexibility index (Phi) is 9.19. The maximum atomic E-state index is 13.6. The second-order valence-electron chi connectivity index (χ2n) is 9.49. The van der Waals surface area contributed by atoms with E-state index in [1.807, 2.05) is 20.8 Å². The summed E-state index contributed by atoms with van der Waals surface area (Å²) >= 11 is 6.04. The fourth-order valence-electron chi connectivity index (χ4n) is 3.48. The van der Waals surface area contributed by atoms with Crippen LogP contribution in [0.4, 0.5) is 5.69 Å². The van der Waals surface area contributed by atoms with Crippen molar-refractivity contribution >= 4 is 39.1 Å². The minimum Gasteiger partial charge on any atom is -0.497 e. The Morgan fingerprint density at radius 3 is 2.20 bits per heavy atom. The van der Waals surface area contributed by atoms with Crippen LogP contribution in [0, 0.1) is 6.92 Å². The summed E-state index contributed by atoms with van der Waals surface area (Å²) in [6.45, 7) is 8.54. The monoisotopic (exact) mass is 523 g/mol. The maximum Gasteiger partial charge on any atom is 0.244 e. The number of ether oxygens (including phenoxy) is 1. The summed E-state index contributed by atoms with van der Waals surface area (Å²) in [6.07, 6.45) is 1.04. The van der Waals surface area contributed by atoms with Gasteiger partial charge in [-0.2, -0.15) is 0 Å². The normalized spacial score (nSPS) is 12.6. The van der Waals surface area contributed by atoms with Crippen LogP contribution in [0.3, 0.4) is 0 Å². The van der Waals surface area contributed by atoms with Crippen molar-refractivity contribution in [2.45, 2.75) is 52.7 Å². The van der Waals surface area contributed by atoms with E-state index in [1.54, 1.807) is 63.4 Å². The Morgan fingerprint density at radius 2 is 1.71 bits per heavy atom. The Labute approximate surface area is 213 Å². The number of methoxy groups -OCH3 is 1. The number of hydrogen-bond donors (Lipinski definition) is 1. The third-order valence-corrected chi connectivity index (χ3v) is 6.65. The van der Waals surface area contributed by atoms with Crippen LogP contribution in [-0.4, -0.2) is 56.6 Å². The van der Waals surface area contributed by atoms with Gasteiger partial charge < -0.3 is 15.0 Å². The summed E-state index contributed by atoms with van der Waals surface area (Å²) in [5, 5.41) is 3.35. The largest absolute Gasteiger partial charge is 0.497 e. The van der Waals surface area contributed by atoms with E-state index < -0.39 is 34.1 Å². The number of hydrogen-bond acceptors (Lipinski definition) is 5. The predicted octanol–water partition coefficient (Wildman–Crippen LogP) is 3.76. The molecule has 0 aliphatic heterocycles. The molecule has 0 heterocycles. The highest BCUT2D eigenvalue weighted by Gasteiger charge is 2.31.